The average Bonchev–Trinajstić information content (AvgIpc) is 2.52. The van der Waals surface area contributed by atoms with Crippen LogP contribution in [0.4, 0.5) is 5.69 Å². The van der Waals surface area contributed by atoms with Gasteiger partial charge in [-0.15, -0.1) is 11.6 Å². The van der Waals surface area contributed by atoms with Gasteiger partial charge < -0.3 is 15.3 Å². The number of nitrogens with zero attached hydrogens (tertiary/aromatic N) is 1. The molecule has 1 heterocycles. The van der Waals surface area contributed by atoms with Crippen molar-refractivity contribution in [1.29, 1.82) is 0 Å². The van der Waals surface area contributed by atoms with E-state index in [1.54, 1.807) is 0 Å². The third-order valence-electron chi connectivity index (χ3n) is 4.29. The highest BCUT2D eigenvalue weighted by atomic mass is 35.5. The molecule has 1 fully saturated rings. The Kier molecular flexibility index (Phi) is 6.09. The summed E-state index contributed by atoms with van der Waals surface area (Å²) in [6.07, 6.45) is 2.65. The van der Waals surface area contributed by atoms with Crippen molar-refractivity contribution < 1.29 is 9.90 Å². The van der Waals surface area contributed by atoms with Gasteiger partial charge in [0.05, 0.1) is 17.5 Å². The summed E-state index contributed by atoms with van der Waals surface area (Å²) in [4.78, 5) is 14.9. The van der Waals surface area contributed by atoms with Crippen LogP contribution in [0.1, 0.15) is 43.5 Å². The predicted octanol–water partition coefficient (Wildman–Crippen LogP) is 3.10. The Morgan fingerprint density at radius 3 is 2.64 bits per heavy atom. The molecule has 0 saturated carbocycles. The summed E-state index contributed by atoms with van der Waals surface area (Å²) in [5, 5.41) is 12.7. The standard InChI is InChI=1S/C17H25ClN2O2/c1-12-6-5-7-13(2)20(12)17(22)15-8-3-4-9-16(15)19-11-14(21)10-18/h3-4,8-9,12-14,19,21H,5-7,10-11H2,1-2H3. The number of aliphatic hydroxyl groups excluding tert-OH is 1. The van der Waals surface area contributed by atoms with Gasteiger partial charge in [0.1, 0.15) is 0 Å². The van der Waals surface area contributed by atoms with Gasteiger partial charge in [0.15, 0.2) is 0 Å². The Hall–Kier alpha value is -1.26. The summed E-state index contributed by atoms with van der Waals surface area (Å²) in [5.41, 5.74) is 1.41. The molecule has 0 bridgehead atoms. The SMILES string of the molecule is CC1CCCC(C)N1C(=O)c1ccccc1NCC(O)CCl. The first-order valence-electron chi connectivity index (χ1n) is 7.94. The van der Waals surface area contributed by atoms with E-state index in [9.17, 15) is 9.90 Å². The van der Waals surface area contributed by atoms with Crippen molar-refractivity contribution >= 4 is 23.2 Å². The second kappa shape index (κ2) is 7.84. The lowest BCUT2D eigenvalue weighted by Gasteiger charge is -2.39. The van der Waals surface area contributed by atoms with E-state index in [2.05, 4.69) is 19.2 Å². The van der Waals surface area contributed by atoms with Crippen LogP contribution < -0.4 is 5.32 Å². The largest absolute Gasteiger partial charge is 0.390 e. The third-order valence-corrected chi connectivity index (χ3v) is 4.65. The molecule has 3 unspecified atom stereocenters. The number of anilines is 1. The van der Waals surface area contributed by atoms with E-state index >= 15 is 0 Å². The molecule has 0 spiro atoms. The smallest absolute Gasteiger partial charge is 0.256 e. The van der Waals surface area contributed by atoms with Crippen LogP contribution in [0.3, 0.4) is 0 Å². The van der Waals surface area contributed by atoms with Crippen molar-refractivity contribution in [3.05, 3.63) is 29.8 Å². The molecule has 2 rings (SSSR count). The van der Waals surface area contributed by atoms with Gasteiger partial charge in [0.2, 0.25) is 0 Å². The van der Waals surface area contributed by atoms with E-state index in [-0.39, 0.29) is 23.9 Å². The van der Waals surface area contributed by atoms with Crippen LogP contribution in [0.15, 0.2) is 24.3 Å². The van der Waals surface area contributed by atoms with Crippen LogP contribution in [-0.4, -0.2) is 46.5 Å². The number of aliphatic hydroxyl groups is 1. The molecule has 1 aromatic carbocycles. The first-order valence-corrected chi connectivity index (χ1v) is 8.47. The Labute approximate surface area is 137 Å². The zero-order chi connectivity index (χ0) is 16.1. The number of hydrogen-bond donors (Lipinski definition) is 2. The fourth-order valence-corrected chi connectivity index (χ4v) is 3.18. The third kappa shape index (κ3) is 3.93. The van der Waals surface area contributed by atoms with E-state index in [1.165, 1.54) is 6.42 Å². The highest BCUT2D eigenvalue weighted by Gasteiger charge is 2.30. The maximum Gasteiger partial charge on any atom is 0.256 e. The second-order valence-electron chi connectivity index (χ2n) is 6.08. The summed E-state index contributed by atoms with van der Waals surface area (Å²) in [5.74, 6) is 0.228. The maximum atomic E-state index is 13.0. The number of piperidine rings is 1. The second-order valence-corrected chi connectivity index (χ2v) is 6.38. The topological polar surface area (TPSA) is 52.6 Å². The van der Waals surface area contributed by atoms with E-state index in [0.717, 1.165) is 18.5 Å². The fraction of sp³-hybridized carbons (Fsp3) is 0.588. The number of alkyl halides is 1. The first kappa shape index (κ1) is 17.1. The molecule has 1 aromatic rings. The van der Waals surface area contributed by atoms with Crippen LogP contribution >= 0.6 is 11.6 Å². The van der Waals surface area contributed by atoms with Gasteiger partial charge in [0.25, 0.3) is 5.91 Å². The fourth-order valence-electron chi connectivity index (χ4n) is 3.07. The van der Waals surface area contributed by atoms with Gasteiger partial charge >= 0.3 is 0 Å². The van der Waals surface area contributed by atoms with Crippen molar-refractivity contribution in [2.24, 2.45) is 0 Å². The Morgan fingerprint density at radius 2 is 2.00 bits per heavy atom. The number of carbonyl (C=O) groups is 1. The molecular formula is C17H25ClN2O2. The Balaban J connectivity index is 2.18. The number of hydrogen-bond acceptors (Lipinski definition) is 3. The molecule has 0 radical (unpaired) electrons. The number of amides is 1. The number of rotatable bonds is 5. The van der Waals surface area contributed by atoms with E-state index in [4.69, 9.17) is 11.6 Å². The minimum atomic E-state index is -0.627. The van der Waals surface area contributed by atoms with Crippen molar-refractivity contribution in [2.45, 2.75) is 51.3 Å². The minimum absolute atomic E-state index is 0.0585. The number of para-hydroxylation sites is 1. The number of likely N-dealkylation sites (tertiary alicyclic amines) is 1. The molecule has 22 heavy (non-hydrogen) atoms. The van der Waals surface area contributed by atoms with E-state index in [1.807, 2.05) is 29.2 Å². The quantitative estimate of drug-likeness (QED) is 0.818. The van der Waals surface area contributed by atoms with Gasteiger partial charge in [-0.05, 0) is 45.2 Å². The molecule has 4 nitrogen and oxygen atoms in total. The van der Waals surface area contributed by atoms with Crippen molar-refractivity contribution in [2.75, 3.05) is 17.7 Å². The number of nitrogens with one attached hydrogen (secondary N) is 1. The summed E-state index contributed by atoms with van der Waals surface area (Å²) < 4.78 is 0. The molecule has 3 atom stereocenters. The summed E-state index contributed by atoms with van der Waals surface area (Å²) in [6.45, 7) is 4.56. The maximum absolute atomic E-state index is 13.0. The van der Waals surface area contributed by atoms with Crippen LogP contribution in [-0.2, 0) is 0 Å². The van der Waals surface area contributed by atoms with Crippen molar-refractivity contribution in [3.8, 4) is 0 Å². The lowest BCUT2D eigenvalue weighted by Crippen LogP contribution is -2.47. The number of carbonyl (C=O) groups excluding carboxylic acids is 1. The lowest BCUT2D eigenvalue weighted by atomic mass is 9.96. The van der Waals surface area contributed by atoms with Crippen molar-refractivity contribution in [1.82, 2.24) is 4.90 Å². The molecule has 0 aromatic heterocycles. The van der Waals surface area contributed by atoms with Gasteiger partial charge in [-0.1, -0.05) is 12.1 Å². The van der Waals surface area contributed by atoms with Gasteiger partial charge in [-0.2, -0.15) is 0 Å². The zero-order valence-electron chi connectivity index (χ0n) is 13.3. The average molecular weight is 325 g/mol. The molecule has 5 heteroatoms. The summed E-state index contributed by atoms with van der Waals surface area (Å²) >= 11 is 5.62. The molecule has 1 aliphatic heterocycles. The molecule has 2 N–H and O–H groups in total. The zero-order valence-corrected chi connectivity index (χ0v) is 14.0. The van der Waals surface area contributed by atoms with Gasteiger partial charge in [-0.3, -0.25) is 4.79 Å². The molecule has 0 aliphatic carbocycles. The summed E-state index contributed by atoms with van der Waals surface area (Å²) in [7, 11) is 0. The van der Waals surface area contributed by atoms with Crippen LogP contribution in [0.25, 0.3) is 0 Å². The first-order chi connectivity index (χ1) is 10.5. The van der Waals surface area contributed by atoms with E-state index < -0.39 is 6.10 Å². The normalized spacial score (nSPS) is 23.2. The summed E-state index contributed by atoms with van der Waals surface area (Å²) in [6, 6.07) is 7.99. The number of halogens is 1. The van der Waals surface area contributed by atoms with Crippen LogP contribution in [0, 0.1) is 0 Å². The number of benzene rings is 1. The predicted molar refractivity (Wildman–Crippen MR) is 90.6 cm³/mol. The van der Waals surface area contributed by atoms with Crippen molar-refractivity contribution in [3.63, 3.8) is 0 Å². The Morgan fingerprint density at radius 1 is 1.36 bits per heavy atom. The van der Waals surface area contributed by atoms with E-state index in [0.29, 0.717) is 12.1 Å². The highest BCUT2D eigenvalue weighted by molar-refractivity contribution is 6.18. The lowest BCUT2D eigenvalue weighted by molar-refractivity contribution is 0.0511. The van der Waals surface area contributed by atoms with Gasteiger partial charge in [0, 0.05) is 24.3 Å². The highest BCUT2D eigenvalue weighted by Crippen LogP contribution is 2.27. The van der Waals surface area contributed by atoms with Crippen LogP contribution in [0.5, 0.6) is 0 Å². The minimum Gasteiger partial charge on any atom is -0.390 e. The van der Waals surface area contributed by atoms with Gasteiger partial charge in [-0.25, -0.2) is 0 Å². The molecular weight excluding hydrogens is 300 g/mol. The van der Waals surface area contributed by atoms with Crippen LogP contribution in [0.2, 0.25) is 0 Å². The monoisotopic (exact) mass is 324 g/mol. The molecule has 1 saturated heterocycles. The molecule has 1 amide bonds. The Bertz CT molecular complexity index is 499. The molecule has 1 aliphatic rings. The molecule has 122 valence electrons.